The summed E-state index contributed by atoms with van der Waals surface area (Å²) in [6, 6.07) is 4.82. The van der Waals surface area contributed by atoms with Crippen LogP contribution in [0, 0.1) is 16.7 Å². The van der Waals surface area contributed by atoms with E-state index in [0.29, 0.717) is 6.04 Å². The van der Waals surface area contributed by atoms with Crippen LogP contribution in [0.3, 0.4) is 0 Å². The van der Waals surface area contributed by atoms with E-state index >= 15 is 0 Å². The van der Waals surface area contributed by atoms with E-state index in [1.54, 1.807) is 7.11 Å². The van der Waals surface area contributed by atoms with Crippen molar-refractivity contribution >= 4 is 0 Å². The van der Waals surface area contributed by atoms with Crippen LogP contribution in [-0.4, -0.2) is 61.2 Å². The van der Waals surface area contributed by atoms with Crippen LogP contribution in [0.2, 0.25) is 0 Å². The van der Waals surface area contributed by atoms with Gasteiger partial charge in [-0.3, -0.25) is 0 Å². The lowest BCUT2D eigenvalue weighted by atomic mass is 9.33. The number of aliphatic hydroxyl groups is 1. The number of fused-ring (bicyclic) bond motifs is 2. The maximum Gasteiger partial charge on any atom is 0.165 e. The smallest absolute Gasteiger partial charge is 0.165 e. The highest BCUT2D eigenvalue weighted by Crippen LogP contribution is 2.77. The van der Waals surface area contributed by atoms with Crippen molar-refractivity contribution in [3.63, 3.8) is 0 Å². The largest absolute Gasteiger partial charge is 0.493 e. The number of ether oxygens (including phenoxy) is 3. The molecule has 4 bridgehead atoms. The topological polar surface area (TPSA) is 51.2 Å². The zero-order chi connectivity index (χ0) is 22.9. The third kappa shape index (κ3) is 2.01. The summed E-state index contributed by atoms with van der Waals surface area (Å²) < 4.78 is 19.4. The van der Waals surface area contributed by atoms with Crippen molar-refractivity contribution in [2.45, 2.75) is 88.6 Å². The molecule has 0 amide bonds. The number of likely N-dealkylation sites (N-methyl/N-ethyl adjacent to an activating group) is 1. The first-order valence-electron chi connectivity index (χ1n) is 12.3. The highest BCUT2D eigenvalue weighted by Gasteiger charge is 2.82. The maximum atomic E-state index is 12.1. The predicted molar refractivity (Wildman–Crippen MR) is 123 cm³/mol. The van der Waals surface area contributed by atoms with E-state index in [1.165, 1.54) is 11.1 Å². The first-order chi connectivity index (χ1) is 15.0. The summed E-state index contributed by atoms with van der Waals surface area (Å²) in [4.78, 5) is 2.60. The lowest BCUT2D eigenvalue weighted by Gasteiger charge is -2.75. The first-order valence-corrected chi connectivity index (χ1v) is 12.3. The zero-order valence-corrected chi connectivity index (χ0v) is 20.7. The normalized spacial score (nSPS) is 43.4. The summed E-state index contributed by atoms with van der Waals surface area (Å²) in [7, 11) is 5.89. The van der Waals surface area contributed by atoms with E-state index in [1.807, 2.05) is 14.0 Å². The van der Waals surface area contributed by atoms with Crippen molar-refractivity contribution in [1.82, 2.24) is 4.90 Å². The second-order valence-corrected chi connectivity index (χ2v) is 12.5. The third-order valence-electron chi connectivity index (χ3n) is 11.0. The van der Waals surface area contributed by atoms with E-state index in [0.717, 1.165) is 50.1 Å². The minimum atomic E-state index is -0.882. The fraction of sp³-hybridized carbons (Fsp3) is 0.778. The fourth-order valence-corrected chi connectivity index (χ4v) is 9.01. The minimum Gasteiger partial charge on any atom is -0.493 e. The van der Waals surface area contributed by atoms with E-state index in [-0.39, 0.29) is 28.3 Å². The van der Waals surface area contributed by atoms with Crippen LogP contribution in [0.1, 0.15) is 64.5 Å². The van der Waals surface area contributed by atoms with Crippen LogP contribution in [0.25, 0.3) is 0 Å². The lowest BCUT2D eigenvalue weighted by Crippen LogP contribution is -2.83. The van der Waals surface area contributed by atoms with Gasteiger partial charge in [0.15, 0.2) is 11.5 Å². The Morgan fingerprint density at radius 2 is 1.88 bits per heavy atom. The number of piperidine rings is 1. The average molecular weight is 442 g/mol. The Kier molecular flexibility index (Phi) is 4.00. The van der Waals surface area contributed by atoms with E-state index < -0.39 is 11.2 Å². The molecule has 2 aliphatic heterocycles. The van der Waals surface area contributed by atoms with Gasteiger partial charge in [0.25, 0.3) is 0 Å². The zero-order valence-electron chi connectivity index (χ0n) is 20.7. The molecule has 1 saturated heterocycles. The van der Waals surface area contributed by atoms with E-state index in [2.05, 4.69) is 44.9 Å². The quantitative estimate of drug-likeness (QED) is 0.770. The fourth-order valence-electron chi connectivity index (χ4n) is 9.01. The van der Waals surface area contributed by atoms with Gasteiger partial charge in [-0.1, -0.05) is 26.8 Å². The number of methoxy groups -OCH3 is 2. The Hall–Kier alpha value is -1.30. The van der Waals surface area contributed by atoms with Crippen LogP contribution in [0.5, 0.6) is 11.5 Å². The summed E-state index contributed by atoms with van der Waals surface area (Å²) in [6.07, 6.45) is 5.07. The molecule has 5 heteroatoms. The van der Waals surface area contributed by atoms with Crippen LogP contribution >= 0.6 is 0 Å². The molecule has 32 heavy (non-hydrogen) atoms. The van der Waals surface area contributed by atoms with Crippen LogP contribution in [-0.2, 0) is 16.6 Å². The summed E-state index contributed by atoms with van der Waals surface area (Å²) in [6.45, 7) is 9.59. The van der Waals surface area contributed by atoms with Gasteiger partial charge in [-0.05, 0) is 69.7 Å². The van der Waals surface area contributed by atoms with Crippen molar-refractivity contribution in [3.8, 4) is 11.5 Å². The third-order valence-corrected chi connectivity index (χ3v) is 11.0. The van der Waals surface area contributed by atoms with Gasteiger partial charge in [0.05, 0.1) is 12.7 Å². The van der Waals surface area contributed by atoms with Crippen molar-refractivity contribution in [3.05, 3.63) is 23.3 Å². The average Bonchev–Trinajstić information content (AvgIpc) is 3.12. The van der Waals surface area contributed by atoms with Crippen LogP contribution in [0.15, 0.2) is 12.1 Å². The van der Waals surface area contributed by atoms with Gasteiger partial charge >= 0.3 is 0 Å². The van der Waals surface area contributed by atoms with Gasteiger partial charge in [-0.15, -0.1) is 0 Å². The van der Waals surface area contributed by atoms with Gasteiger partial charge in [0.1, 0.15) is 11.7 Å². The van der Waals surface area contributed by atoms with Gasteiger partial charge in [-0.2, -0.15) is 0 Å². The maximum absolute atomic E-state index is 12.1. The molecule has 4 aliphatic carbocycles. The summed E-state index contributed by atoms with van der Waals surface area (Å²) >= 11 is 0. The SMILES string of the molecule is COc1ccc2c3c1O[C@H]1C4(OC)CC[C@]5(C[C@@H]4[C@](C)(O)C(C)(C)C)[C@@H](C2)N(C)CC[C@]315. The molecular weight excluding hydrogens is 402 g/mol. The standard InChI is InChI=1S/C27H39NO4/c1-23(2,3)24(4,29)18-15-25-10-11-27(18,31-7)22-26(25)12-13-28(5)19(25)14-16-8-9-17(30-6)21(32-22)20(16)26/h8-9,18-19,22,29H,10-15H2,1-7H3/t18-,19-,22-,24+,25+,26+,27?/m1/s1. The molecule has 2 heterocycles. The molecule has 1 aromatic rings. The van der Waals surface area contributed by atoms with E-state index in [4.69, 9.17) is 14.2 Å². The highest BCUT2D eigenvalue weighted by molar-refractivity contribution is 5.63. The second kappa shape index (κ2) is 6.03. The number of nitrogens with zero attached hydrogens (tertiary/aromatic N) is 1. The monoisotopic (exact) mass is 441 g/mol. The minimum absolute atomic E-state index is 0.00253. The number of benzene rings is 1. The Labute approximate surface area is 192 Å². The van der Waals surface area contributed by atoms with Crippen LogP contribution < -0.4 is 9.47 Å². The molecule has 5 nitrogen and oxygen atoms in total. The van der Waals surface area contributed by atoms with Gasteiger partial charge in [0, 0.05) is 35.5 Å². The van der Waals surface area contributed by atoms with Crippen molar-refractivity contribution in [2.75, 3.05) is 27.8 Å². The molecule has 0 aromatic heterocycles. The molecular formula is C27H39NO4. The molecule has 3 saturated carbocycles. The van der Waals surface area contributed by atoms with Crippen molar-refractivity contribution in [1.29, 1.82) is 0 Å². The summed E-state index contributed by atoms with van der Waals surface area (Å²) in [5, 5.41) is 12.1. The van der Waals surface area contributed by atoms with E-state index in [9.17, 15) is 5.11 Å². The number of hydrogen-bond donors (Lipinski definition) is 1. The molecule has 1 unspecified atom stereocenters. The Bertz CT molecular complexity index is 983. The molecule has 0 radical (unpaired) electrons. The number of hydrogen-bond acceptors (Lipinski definition) is 5. The number of likely N-dealkylation sites (tertiary alicyclic amines) is 1. The molecule has 7 atom stereocenters. The molecule has 6 aliphatic rings. The molecule has 1 N–H and O–H groups in total. The van der Waals surface area contributed by atoms with Crippen molar-refractivity contribution < 1.29 is 19.3 Å². The highest BCUT2D eigenvalue weighted by atomic mass is 16.6. The summed E-state index contributed by atoms with van der Waals surface area (Å²) in [5.41, 5.74) is 1.17. The Balaban J connectivity index is 1.65. The van der Waals surface area contributed by atoms with Crippen molar-refractivity contribution in [2.24, 2.45) is 16.7 Å². The van der Waals surface area contributed by atoms with Gasteiger partial charge in [-0.25, -0.2) is 0 Å². The van der Waals surface area contributed by atoms with Gasteiger partial charge in [0.2, 0.25) is 0 Å². The molecule has 176 valence electrons. The summed E-state index contributed by atoms with van der Waals surface area (Å²) in [5.74, 6) is 1.79. The molecule has 2 spiro atoms. The molecule has 7 rings (SSSR count). The second-order valence-electron chi connectivity index (χ2n) is 12.5. The van der Waals surface area contributed by atoms with Crippen LogP contribution in [0.4, 0.5) is 0 Å². The molecule has 1 aromatic carbocycles. The Morgan fingerprint density at radius 1 is 1.12 bits per heavy atom. The lowest BCUT2D eigenvalue weighted by molar-refractivity contribution is -0.311. The first kappa shape index (κ1) is 21.2. The predicted octanol–water partition coefficient (Wildman–Crippen LogP) is 3.94. The number of rotatable bonds is 3. The molecule has 4 fully saturated rings. The Morgan fingerprint density at radius 3 is 2.53 bits per heavy atom. The van der Waals surface area contributed by atoms with Gasteiger partial charge < -0.3 is 24.2 Å².